The highest BCUT2D eigenvalue weighted by Gasteiger charge is 2.21. The van der Waals surface area contributed by atoms with Crippen LogP contribution in [-0.2, 0) is 0 Å². The zero-order valence-electron chi connectivity index (χ0n) is 14.4. The second kappa shape index (κ2) is 6.00. The Labute approximate surface area is 154 Å². The van der Waals surface area contributed by atoms with Crippen molar-refractivity contribution < 1.29 is 0 Å². The van der Waals surface area contributed by atoms with Crippen LogP contribution < -0.4 is 0 Å². The first-order chi connectivity index (χ1) is 12.9. The SMILES string of the molecule is C=C[CH]c1ccc2ccccc2c1-c1c(C2=C[CH]2)ccc2ccccc12. The summed E-state index contributed by atoms with van der Waals surface area (Å²) in [6, 6.07) is 26.2. The van der Waals surface area contributed by atoms with Gasteiger partial charge < -0.3 is 0 Å². The molecule has 0 heteroatoms. The number of hydrogen-bond donors (Lipinski definition) is 0. The lowest BCUT2D eigenvalue weighted by molar-refractivity contribution is 1.54. The van der Waals surface area contributed by atoms with E-state index < -0.39 is 0 Å². The van der Waals surface area contributed by atoms with E-state index in [1.165, 1.54) is 49.4 Å². The van der Waals surface area contributed by atoms with E-state index in [1.54, 1.807) is 0 Å². The maximum Gasteiger partial charge on any atom is 0.0131 e. The van der Waals surface area contributed by atoms with Crippen LogP contribution >= 0.6 is 0 Å². The average molecular weight is 330 g/mol. The lowest BCUT2D eigenvalue weighted by atomic mass is 9.85. The third-order valence-electron chi connectivity index (χ3n) is 5.08. The van der Waals surface area contributed by atoms with Gasteiger partial charge in [-0.15, -0.1) is 6.58 Å². The highest BCUT2D eigenvalue weighted by atomic mass is 14.2. The summed E-state index contributed by atoms with van der Waals surface area (Å²) in [6.45, 7) is 3.93. The predicted molar refractivity (Wildman–Crippen MR) is 113 cm³/mol. The highest BCUT2D eigenvalue weighted by Crippen LogP contribution is 2.44. The van der Waals surface area contributed by atoms with E-state index in [1.807, 2.05) is 6.08 Å². The molecule has 0 heterocycles. The van der Waals surface area contributed by atoms with Gasteiger partial charge in [-0.1, -0.05) is 84.9 Å². The Morgan fingerprint density at radius 2 is 1.27 bits per heavy atom. The largest absolute Gasteiger partial charge is 0.102 e. The maximum absolute atomic E-state index is 3.93. The molecule has 5 rings (SSSR count). The summed E-state index contributed by atoms with van der Waals surface area (Å²) >= 11 is 0. The fourth-order valence-electron chi connectivity index (χ4n) is 3.84. The number of fused-ring (bicyclic) bond motifs is 2. The minimum Gasteiger partial charge on any atom is -0.102 e. The molecule has 0 saturated heterocycles. The summed E-state index contributed by atoms with van der Waals surface area (Å²) < 4.78 is 0. The fourth-order valence-corrected chi connectivity index (χ4v) is 3.84. The molecule has 122 valence electrons. The molecule has 1 aliphatic rings. The van der Waals surface area contributed by atoms with Gasteiger partial charge >= 0.3 is 0 Å². The van der Waals surface area contributed by atoms with Gasteiger partial charge in [0.05, 0.1) is 0 Å². The zero-order chi connectivity index (χ0) is 17.5. The van der Waals surface area contributed by atoms with Gasteiger partial charge in [0.15, 0.2) is 0 Å². The van der Waals surface area contributed by atoms with E-state index in [9.17, 15) is 0 Å². The third-order valence-corrected chi connectivity index (χ3v) is 5.08. The molecule has 0 N–H and O–H groups in total. The van der Waals surface area contributed by atoms with E-state index in [-0.39, 0.29) is 0 Å². The fraction of sp³-hybridized carbons (Fsp3) is 0. The normalized spacial score (nSPS) is 13.0. The van der Waals surface area contributed by atoms with Crippen molar-refractivity contribution in [1.82, 2.24) is 0 Å². The number of allylic oxidation sites excluding steroid dienone is 3. The Morgan fingerprint density at radius 3 is 1.92 bits per heavy atom. The van der Waals surface area contributed by atoms with Crippen LogP contribution in [0.4, 0.5) is 0 Å². The second-order valence-electron chi connectivity index (χ2n) is 6.65. The van der Waals surface area contributed by atoms with E-state index in [4.69, 9.17) is 0 Å². The molecule has 0 aliphatic heterocycles. The second-order valence-corrected chi connectivity index (χ2v) is 6.65. The molecule has 26 heavy (non-hydrogen) atoms. The lowest BCUT2D eigenvalue weighted by Crippen LogP contribution is -1.94. The van der Waals surface area contributed by atoms with E-state index in [0.717, 1.165) is 0 Å². The van der Waals surface area contributed by atoms with Crippen LogP contribution in [0.3, 0.4) is 0 Å². The molecule has 0 aromatic heterocycles. The van der Waals surface area contributed by atoms with Crippen molar-refractivity contribution >= 4 is 27.1 Å². The molecule has 0 atom stereocenters. The predicted octanol–water partition coefficient (Wildman–Crippen LogP) is 7.00. The van der Waals surface area contributed by atoms with Gasteiger partial charge in [0, 0.05) is 12.8 Å². The van der Waals surface area contributed by atoms with Gasteiger partial charge in [-0.25, -0.2) is 0 Å². The molecule has 0 saturated carbocycles. The lowest BCUT2D eigenvalue weighted by Gasteiger charge is -2.18. The van der Waals surface area contributed by atoms with Gasteiger partial charge in [-0.2, -0.15) is 0 Å². The molecule has 0 unspecified atom stereocenters. The Bertz CT molecular complexity index is 1190. The molecule has 4 aromatic rings. The van der Waals surface area contributed by atoms with Crippen molar-refractivity contribution in [2.45, 2.75) is 0 Å². The van der Waals surface area contributed by atoms with Gasteiger partial charge in [-0.3, -0.25) is 0 Å². The molecule has 0 spiro atoms. The van der Waals surface area contributed by atoms with Crippen molar-refractivity contribution in [3.05, 3.63) is 115 Å². The van der Waals surface area contributed by atoms with Crippen molar-refractivity contribution in [3.8, 4) is 11.1 Å². The zero-order valence-corrected chi connectivity index (χ0v) is 14.4. The molecule has 0 nitrogen and oxygen atoms in total. The maximum atomic E-state index is 3.93. The Hall–Kier alpha value is -3.12. The van der Waals surface area contributed by atoms with Crippen LogP contribution in [0.1, 0.15) is 11.1 Å². The van der Waals surface area contributed by atoms with Crippen LogP contribution in [0.15, 0.2) is 91.5 Å². The first-order valence-corrected chi connectivity index (χ1v) is 8.92. The first-order valence-electron chi connectivity index (χ1n) is 8.92. The van der Waals surface area contributed by atoms with Crippen LogP contribution in [0, 0.1) is 12.8 Å². The van der Waals surface area contributed by atoms with E-state index >= 15 is 0 Å². The molecular formula is C26H18. The summed E-state index contributed by atoms with van der Waals surface area (Å²) in [7, 11) is 0. The summed E-state index contributed by atoms with van der Waals surface area (Å²) in [4.78, 5) is 0. The summed E-state index contributed by atoms with van der Waals surface area (Å²) in [5, 5.41) is 5.10. The smallest absolute Gasteiger partial charge is 0.0131 e. The quantitative estimate of drug-likeness (QED) is 0.378. The molecule has 0 amide bonds. The summed E-state index contributed by atoms with van der Waals surface area (Å²) in [6.07, 6.45) is 8.37. The van der Waals surface area contributed by atoms with E-state index in [0.29, 0.717) is 0 Å². The van der Waals surface area contributed by atoms with Gasteiger partial charge in [0.2, 0.25) is 0 Å². The van der Waals surface area contributed by atoms with Crippen LogP contribution in [0.5, 0.6) is 0 Å². The Morgan fingerprint density at radius 1 is 0.654 bits per heavy atom. The van der Waals surface area contributed by atoms with Crippen LogP contribution in [0.2, 0.25) is 0 Å². The molecular weight excluding hydrogens is 312 g/mol. The van der Waals surface area contributed by atoms with Crippen LogP contribution in [-0.4, -0.2) is 0 Å². The van der Waals surface area contributed by atoms with Crippen molar-refractivity contribution in [2.75, 3.05) is 0 Å². The average Bonchev–Trinajstić information content (AvgIpc) is 3.53. The Balaban J connectivity index is 1.97. The Kier molecular flexibility index (Phi) is 3.50. The van der Waals surface area contributed by atoms with Gasteiger partial charge in [-0.05, 0) is 49.4 Å². The van der Waals surface area contributed by atoms with E-state index in [2.05, 4.69) is 98.3 Å². The standard InChI is InChI=1S/C26H18/c1-2-7-21-15-14-18-8-3-5-10-22(18)25(21)26-23-11-6-4-9-19(23)16-17-24(26)20-12-13-20/h2-17H,1H2. The highest BCUT2D eigenvalue weighted by molar-refractivity contribution is 6.12. The van der Waals surface area contributed by atoms with Crippen LogP contribution in [0.25, 0.3) is 38.2 Å². The first kappa shape index (κ1) is 15.2. The minimum atomic E-state index is 1.21. The molecule has 0 fully saturated rings. The molecule has 2 radical (unpaired) electrons. The molecule has 4 aromatic carbocycles. The monoisotopic (exact) mass is 330 g/mol. The number of hydrogen-bond acceptors (Lipinski definition) is 0. The van der Waals surface area contributed by atoms with Gasteiger partial charge in [0.25, 0.3) is 0 Å². The van der Waals surface area contributed by atoms with Crippen molar-refractivity contribution in [1.29, 1.82) is 0 Å². The topological polar surface area (TPSA) is 0 Å². The number of rotatable bonds is 4. The minimum absolute atomic E-state index is 1.21. The summed E-state index contributed by atoms with van der Waals surface area (Å²) in [5.74, 6) is 0. The molecule has 0 bridgehead atoms. The van der Waals surface area contributed by atoms with Crippen molar-refractivity contribution in [3.63, 3.8) is 0 Å². The number of benzene rings is 4. The molecule has 1 aliphatic carbocycles. The van der Waals surface area contributed by atoms with Gasteiger partial charge in [0.1, 0.15) is 0 Å². The van der Waals surface area contributed by atoms with Crippen molar-refractivity contribution in [2.24, 2.45) is 0 Å². The summed E-state index contributed by atoms with van der Waals surface area (Å²) in [5.41, 5.74) is 6.43. The third kappa shape index (κ3) is 2.38.